The minimum Gasteiger partial charge on any atom is -0.440 e. The third-order valence-corrected chi connectivity index (χ3v) is 4.57. The summed E-state index contributed by atoms with van der Waals surface area (Å²) in [5, 5.41) is 3.03. The molecule has 1 aromatic carbocycles. The fraction of sp³-hybridized carbons (Fsp3) is 0.474. The van der Waals surface area contributed by atoms with E-state index in [-0.39, 0.29) is 36.6 Å². The van der Waals surface area contributed by atoms with Crippen LogP contribution in [-0.2, 0) is 11.2 Å². The quantitative estimate of drug-likeness (QED) is 0.736. The van der Waals surface area contributed by atoms with Gasteiger partial charge in [-0.25, -0.2) is 4.98 Å². The summed E-state index contributed by atoms with van der Waals surface area (Å²) in [6.07, 6.45) is 0.800. The lowest BCUT2D eigenvalue weighted by atomic mass is 9.88. The van der Waals surface area contributed by atoms with Gasteiger partial charge < -0.3 is 15.5 Å². The van der Waals surface area contributed by atoms with Gasteiger partial charge >= 0.3 is 0 Å². The van der Waals surface area contributed by atoms with E-state index in [0.29, 0.717) is 25.3 Å². The fourth-order valence-electron chi connectivity index (χ4n) is 2.45. The molecule has 0 saturated carbocycles. The van der Waals surface area contributed by atoms with Crippen LogP contribution in [0.25, 0.3) is 11.3 Å². The molecule has 0 aliphatic carbocycles. The zero-order valence-corrected chi connectivity index (χ0v) is 17.4. The van der Waals surface area contributed by atoms with Crippen LogP contribution < -0.4 is 11.1 Å². The van der Waals surface area contributed by atoms with E-state index < -0.39 is 5.54 Å². The molecule has 2 rings (SSSR count). The number of carbonyl (C=O) groups is 1. The lowest BCUT2D eigenvalue weighted by Crippen LogP contribution is -2.55. The number of benzene rings is 1. The number of hydrogen-bond donors (Lipinski definition) is 2. The Morgan fingerprint density at radius 2 is 1.88 bits per heavy atom. The van der Waals surface area contributed by atoms with Gasteiger partial charge in [-0.1, -0.05) is 44.2 Å². The van der Waals surface area contributed by atoms with E-state index in [0.717, 1.165) is 17.0 Å². The molecule has 3 N–H and O–H groups in total. The smallest absolute Gasteiger partial charge is 0.220 e. The molecule has 0 aliphatic rings. The molecule has 0 spiro atoms. The van der Waals surface area contributed by atoms with Crippen LogP contribution in [0.3, 0.4) is 0 Å². The number of aromatic nitrogens is 1. The second kappa shape index (κ2) is 10.6. The molecule has 0 fully saturated rings. The van der Waals surface area contributed by atoms with Crippen molar-refractivity contribution in [2.75, 3.05) is 6.54 Å². The minimum absolute atomic E-state index is 0. The fourth-order valence-corrected chi connectivity index (χ4v) is 2.45. The Bertz CT molecular complexity index is 689. The summed E-state index contributed by atoms with van der Waals surface area (Å²) in [7, 11) is 0. The summed E-state index contributed by atoms with van der Waals surface area (Å²) in [6, 6.07) is 9.86. The van der Waals surface area contributed by atoms with Crippen LogP contribution in [0.15, 0.2) is 34.7 Å². The molecular weight excluding hydrogens is 373 g/mol. The highest BCUT2D eigenvalue weighted by atomic mass is 35.5. The van der Waals surface area contributed by atoms with Crippen LogP contribution in [0.1, 0.15) is 38.8 Å². The van der Waals surface area contributed by atoms with E-state index in [1.165, 1.54) is 0 Å². The van der Waals surface area contributed by atoms with Gasteiger partial charge in [-0.15, -0.1) is 24.8 Å². The van der Waals surface area contributed by atoms with Gasteiger partial charge in [0, 0.05) is 24.9 Å². The molecule has 5 nitrogen and oxygen atoms in total. The van der Waals surface area contributed by atoms with Crippen LogP contribution in [-0.4, -0.2) is 23.0 Å². The van der Waals surface area contributed by atoms with Crippen molar-refractivity contribution >= 4 is 30.7 Å². The van der Waals surface area contributed by atoms with Gasteiger partial charge in [0.2, 0.25) is 5.91 Å². The Morgan fingerprint density at radius 1 is 1.27 bits per heavy atom. The Labute approximate surface area is 168 Å². The van der Waals surface area contributed by atoms with Crippen LogP contribution in [0.4, 0.5) is 0 Å². The molecule has 1 amide bonds. The zero-order chi connectivity index (χ0) is 17.7. The summed E-state index contributed by atoms with van der Waals surface area (Å²) in [5.74, 6) is 1.58. The molecule has 0 saturated heterocycles. The number of amides is 1. The monoisotopic (exact) mass is 401 g/mol. The highest BCUT2D eigenvalue weighted by molar-refractivity contribution is 5.85. The molecule has 0 radical (unpaired) electrons. The number of hydrogen-bond acceptors (Lipinski definition) is 4. The largest absolute Gasteiger partial charge is 0.440 e. The van der Waals surface area contributed by atoms with E-state index in [1.807, 2.05) is 44.2 Å². The second-order valence-electron chi connectivity index (χ2n) is 6.71. The maximum atomic E-state index is 12.2. The summed E-state index contributed by atoms with van der Waals surface area (Å²) in [5.41, 5.74) is 7.25. The topological polar surface area (TPSA) is 81.2 Å². The Kier molecular flexibility index (Phi) is 9.92. The summed E-state index contributed by atoms with van der Waals surface area (Å²) in [6.45, 7) is 8.40. The first-order chi connectivity index (χ1) is 11.4. The molecule has 1 aromatic heterocycles. The van der Waals surface area contributed by atoms with Crippen molar-refractivity contribution in [3.8, 4) is 11.3 Å². The number of oxazole rings is 1. The SMILES string of the molecule is Cc1nc(CCC(=O)NC(C)(CN)C(C)C)oc1-c1ccccc1.Cl.Cl. The summed E-state index contributed by atoms with van der Waals surface area (Å²) in [4.78, 5) is 16.7. The number of halogens is 2. The average molecular weight is 402 g/mol. The van der Waals surface area contributed by atoms with Crippen molar-refractivity contribution < 1.29 is 9.21 Å². The van der Waals surface area contributed by atoms with Crippen molar-refractivity contribution in [3.63, 3.8) is 0 Å². The normalized spacial score (nSPS) is 12.7. The molecule has 2 aromatic rings. The van der Waals surface area contributed by atoms with E-state index >= 15 is 0 Å². The summed E-state index contributed by atoms with van der Waals surface area (Å²) >= 11 is 0. The van der Waals surface area contributed by atoms with E-state index in [4.69, 9.17) is 10.2 Å². The zero-order valence-electron chi connectivity index (χ0n) is 15.7. The third-order valence-electron chi connectivity index (χ3n) is 4.57. The first-order valence-electron chi connectivity index (χ1n) is 8.38. The lowest BCUT2D eigenvalue weighted by Gasteiger charge is -2.33. The molecular formula is C19H29Cl2N3O2. The molecule has 0 aliphatic heterocycles. The van der Waals surface area contributed by atoms with Crippen LogP contribution in [0.5, 0.6) is 0 Å². The minimum atomic E-state index is -0.390. The van der Waals surface area contributed by atoms with Crippen LogP contribution in [0.2, 0.25) is 0 Å². The average Bonchev–Trinajstić information content (AvgIpc) is 2.94. The molecule has 1 unspecified atom stereocenters. The number of nitrogens with two attached hydrogens (primary N) is 1. The van der Waals surface area contributed by atoms with E-state index in [1.54, 1.807) is 0 Å². The number of rotatable bonds is 7. The Hall–Kier alpha value is -1.56. The first-order valence-corrected chi connectivity index (χ1v) is 8.38. The maximum Gasteiger partial charge on any atom is 0.220 e. The highest BCUT2D eigenvalue weighted by Gasteiger charge is 2.28. The maximum absolute atomic E-state index is 12.2. The Balaban J connectivity index is 0.00000312. The lowest BCUT2D eigenvalue weighted by molar-refractivity contribution is -0.123. The Morgan fingerprint density at radius 3 is 2.42 bits per heavy atom. The van der Waals surface area contributed by atoms with E-state index in [2.05, 4.69) is 24.1 Å². The predicted molar refractivity (Wildman–Crippen MR) is 110 cm³/mol. The standard InChI is InChI=1S/C19H27N3O2.2ClH/c1-13(2)19(4,12-20)22-16(23)10-11-17-21-14(3)18(24-17)15-8-6-5-7-9-15;;/h5-9,13H,10-12,20H2,1-4H3,(H,22,23);2*1H. The number of nitrogens with one attached hydrogen (secondary N) is 1. The highest BCUT2D eigenvalue weighted by Crippen LogP contribution is 2.24. The van der Waals surface area contributed by atoms with Gasteiger partial charge in [0.15, 0.2) is 11.7 Å². The third kappa shape index (κ3) is 6.01. The number of aryl methyl sites for hydroxylation is 2. The summed E-state index contributed by atoms with van der Waals surface area (Å²) < 4.78 is 5.84. The van der Waals surface area contributed by atoms with Gasteiger partial charge in [-0.05, 0) is 19.8 Å². The van der Waals surface area contributed by atoms with Gasteiger partial charge in [0.1, 0.15) is 0 Å². The van der Waals surface area contributed by atoms with Crippen molar-refractivity contribution in [2.45, 2.75) is 46.1 Å². The molecule has 7 heteroatoms. The predicted octanol–water partition coefficient (Wildman–Crippen LogP) is 3.92. The second-order valence-corrected chi connectivity index (χ2v) is 6.71. The van der Waals surface area contributed by atoms with Crippen molar-refractivity contribution in [2.24, 2.45) is 11.7 Å². The van der Waals surface area contributed by atoms with Crippen LogP contribution >= 0.6 is 24.8 Å². The van der Waals surface area contributed by atoms with E-state index in [9.17, 15) is 4.79 Å². The molecule has 0 bridgehead atoms. The number of nitrogens with zero attached hydrogens (tertiary/aromatic N) is 1. The molecule has 1 heterocycles. The number of carbonyl (C=O) groups excluding carboxylic acids is 1. The van der Waals surface area contributed by atoms with Gasteiger partial charge in [-0.3, -0.25) is 4.79 Å². The van der Waals surface area contributed by atoms with Gasteiger partial charge in [0.05, 0.1) is 11.2 Å². The van der Waals surface area contributed by atoms with Crippen LogP contribution in [0, 0.1) is 12.8 Å². The van der Waals surface area contributed by atoms with Crippen molar-refractivity contribution in [1.29, 1.82) is 0 Å². The van der Waals surface area contributed by atoms with Crippen molar-refractivity contribution in [3.05, 3.63) is 41.9 Å². The van der Waals surface area contributed by atoms with Gasteiger partial charge in [0.25, 0.3) is 0 Å². The van der Waals surface area contributed by atoms with Crippen molar-refractivity contribution in [1.82, 2.24) is 10.3 Å². The molecule has 1 atom stereocenters. The first kappa shape index (κ1) is 24.4. The molecule has 146 valence electrons. The molecule has 26 heavy (non-hydrogen) atoms. The van der Waals surface area contributed by atoms with Gasteiger partial charge in [-0.2, -0.15) is 0 Å².